The van der Waals surface area contributed by atoms with Gasteiger partial charge in [0.25, 0.3) is 0 Å². The molecule has 2 aliphatic rings. The van der Waals surface area contributed by atoms with Gasteiger partial charge in [0.15, 0.2) is 0 Å². The van der Waals surface area contributed by atoms with Crippen LogP contribution in [0.4, 0.5) is 0 Å². The molecule has 2 fully saturated rings. The van der Waals surface area contributed by atoms with Crippen molar-refractivity contribution in [1.29, 1.82) is 0 Å². The van der Waals surface area contributed by atoms with Gasteiger partial charge in [-0.15, -0.1) is 0 Å². The predicted octanol–water partition coefficient (Wildman–Crippen LogP) is 4.08. The molecule has 0 spiro atoms. The largest absolute Gasteiger partial charge is 0.481 e. The molecule has 2 bridgehead atoms. The van der Waals surface area contributed by atoms with Crippen LogP contribution in [0.5, 0.6) is 0 Å². The van der Waals surface area contributed by atoms with E-state index < -0.39 is 5.97 Å². The fourth-order valence-corrected chi connectivity index (χ4v) is 4.43. The summed E-state index contributed by atoms with van der Waals surface area (Å²) in [6.07, 6.45) is 12.2. The smallest absolute Gasteiger partial charge is 0.308 e. The van der Waals surface area contributed by atoms with Gasteiger partial charge in [0.05, 0.1) is 19.1 Å². The third kappa shape index (κ3) is 4.93. The zero-order valence-corrected chi connectivity index (χ0v) is 15.0. The lowest BCUT2D eigenvalue weighted by molar-refractivity contribution is -0.144. The van der Waals surface area contributed by atoms with E-state index in [4.69, 9.17) is 4.74 Å². The molecular formula is C19H35NO3. The van der Waals surface area contributed by atoms with Gasteiger partial charge < -0.3 is 9.84 Å². The van der Waals surface area contributed by atoms with Crippen LogP contribution in [-0.4, -0.2) is 47.3 Å². The molecule has 0 amide bonds. The Labute approximate surface area is 141 Å². The fourth-order valence-electron chi connectivity index (χ4n) is 4.43. The molecule has 2 saturated heterocycles. The highest BCUT2D eigenvalue weighted by Gasteiger charge is 2.49. The van der Waals surface area contributed by atoms with Gasteiger partial charge in [-0.3, -0.25) is 9.69 Å². The number of fused-ring (bicyclic) bond motifs is 2. The number of nitrogens with zero attached hydrogens (tertiary/aromatic N) is 1. The highest BCUT2D eigenvalue weighted by molar-refractivity contribution is 5.71. The third-order valence-corrected chi connectivity index (χ3v) is 5.66. The number of aliphatic carboxylic acids is 1. The van der Waals surface area contributed by atoms with E-state index in [2.05, 4.69) is 18.7 Å². The Bertz CT molecular complexity index is 361. The summed E-state index contributed by atoms with van der Waals surface area (Å²) < 4.78 is 5.67. The zero-order chi connectivity index (χ0) is 16.7. The predicted molar refractivity (Wildman–Crippen MR) is 92.7 cm³/mol. The fraction of sp³-hybridized carbons (Fsp3) is 0.947. The van der Waals surface area contributed by atoms with Gasteiger partial charge in [-0.05, 0) is 19.3 Å². The van der Waals surface area contributed by atoms with Crippen LogP contribution in [0.1, 0.15) is 78.1 Å². The first-order valence-corrected chi connectivity index (χ1v) is 9.77. The Morgan fingerprint density at radius 2 is 1.78 bits per heavy atom. The van der Waals surface area contributed by atoms with Gasteiger partial charge in [-0.1, -0.05) is 58.8 Å². The molecule has 0 aromatic carbocycles. The van der Waals surface area contributed by atoms with Gasteiger partial charge in [-0.2, -0.15) is 0 Å². The maximum Gasteiger partial charge on any atom is 0.308 e. The summed E-state index contributed by atoms with van der Waals surface area (Å²) in [5.74, 6) is -0.864. The molecule has 23 heavy (non-hydrogen) atoms. The van der Waals surface area contributed by atoms with E-state index >= 15 is 0 Å². The SMILES string of the molecule is CCCCCCCC(CCCC)N1C2COCC1C(C(=O)O)C2. The second kappa shape index (κ2) is 9.63. The van der Waals surface area contributed by atoms with Crippen molar-refractivity contribution in [1.82, 2.24) is 4.90 Å². The zero-order valence-electron chi connectivity index (χ0n) is 15.0. The molecule has 2 rings (SSSR count). The summed E-state index contributed by atoms with van der Waals surface area (Å²) in [5, 5.41) is 9.53. The number of unbranched alkanes of at least 4 members (excludes halogenated alkanes) is 5. The summed E-state index contributed by atoms with van der Waals surface area (Å²) in [6.45, 7) is 5.82. The second-order valence-electron chi connectivity index (χ2n) is 7.39. The number of carbonyl (C=O) groups is 1. The van der Waals surface area contributed by atoms with Crippen molar-refractivity contribution >= 4 is 5.97 Å². The number of rotatable bonds is 11. The Morgan fingerprint density at radius 3 is 2.48 bits per heavy atom. The molecule has 0 radical (unpaired) electrons. The Kier molecular flexibility index (Phi) is 7.84. The molecule has 134 valence electrons. The van der Waals surface area contributed by atoms with Crippen LogP contribution >= 0.6 is 0 Å². The van der Waals surface area contributed by atoms with Crippen LogP contribution in [0.25, 0.3) is 0 Å². The van der Waals surface area contributed by atoms with Crippen LogP contribution in [0, 0.1) is 5.92 Å². The second-order valence-corrected chi connectivity index (χ2v) is 7.39. The molecule has 0 aromatic rings. The topological polar surface area (TPSA) is 49.8 Å². The van der Waals surface area contributed by atoms with Crippen molar-refractivity contribution in [2.24, 2.45) is 5.92 Å². The molecule has 1 N–H and O–H groups in total. The molecule has 2 heterocycles. The Morgan fingerprint density at radius 1 is 1.09 bits per heavy atom. The van der Waals surface area contributed by atoms with E-state index in [0.29, 0.717) is 18.7 Å². The van der Waals surface area contributed by atoms with Gasteiger partial charge in [0.2, 0.25) is 0 Å². The maximum atomic E-state index is 11.6. The first kappa shape index (κ1) is 18.7. The van der Waals surface area contributed by atoms with Crippen LogP contribution in [0.3, 0.4) is 0 Å². The van der Waals surface area contributed by atoms with Crippen molar-refractivity contribution in [3.63, 3.8) is 0 Å². The molecular weight excluding hydrogens is 290 g/mol. The van der Waals surface area contributed by atoms with Gasteiger partial charge in [-0.25, -0.2) is 0 Å². The lowest BCUT2D eigenvalue weighted by Crippen LogP contribution is -2.52. The normalized spacial score (nSPS) is 28.9. The number of hydrogen-bond donors (Lipinski definition) is 1. The van der Waals surface area contributed by atoms with E-state index in [1.807, 2.05) is 0 Å². The van der Waals surface area contributed by atoms with Crippen molar-refractivity contribution in [2.75, 3.05) is 13.2 Å². The van der Waals surface area contributed by atoms with Gasteiger partial charge >= 0.3 is 5.97 Å². The number of carboxylic acid groups (broad SMARTS) is 1. The van der Waals surface area contributed by atoms with Crippen LogP contribution in [0.15, 0.2) is 0 Å². The lowest BCUT2D eigenvalue weighted by Gasteiger charge is -2.41. The third-order valence-electron chi connectivity index (χ3n) is 5.66. The highest BCUT2D eigenvalue weighted by Crippen LogP contribution is 2.38. The van der Waals surface area contributed by atoms with Crippen molar-refractivity contribution < 1.29 is 14.6 Å². The molecule has 4 nitrogen and oxygen atoms in total. The molecule has 4 atom stereocenters. The van der Waals surface area contributed by atoms with Crippen LogP contribution in [-0.2, 0) is 9.53 Å². The summed E-state index contributed by atoms with van der Waals surface area (Å²) in [7, 11) is 0. The molecule has 0 aromatic heterocycles. The first-order chi connectivity index (χ1) is 11.2. The Balaban J connectivity index is 1.95. The summed E-state index contributed by atoms with van der Waals surface area (Å²) >= 11 is 0. The molecule has 4 unspecified atom stereocenters. The monoisotopic (exact) mass is 325 g/mol. The van der Waals surface area contributed by atoms with E-state index in [1.54, 1.807) is 0 Å². The van der Waals surface area contributed by atoms with E-state index in [0.717, 1.165) is 13.0 Å². The van der Waals surface area contributed by atoms with Crippen molar-refractivity contribution in [2.45, 2.75) is 96.2 Å². The first-order valence-electron chi connectivity index (χ1n) is 9.77. The van der Waals surface area contributed by atoms with Crippen molar-refractivity contribution in [3.8, 4) is 0 Å². The minimum absolute atomic E-state index is 0.101. The molecule has 2 aliphatic heterocycles. The molecule has 0 aliphatic carbocycles. The summed E-state index contributed by atoms with van der Waals surface area (Å²) in [6, 6.07) is 0.982. The average Bonchev–Trinajstić information content (AvgIpc) is 2.76. The van der Waals surface area contributed by atoms with Crippen molar-refractivity contribution in [3.05, 3.63) is 0 Å². The molecule has 4 heteroatoms. The minimum Gasteiger partial charge on any atom is -0.481 e. The van der Waals surface area contributed by atoms with E-state index in [9.17, 15) is 9.90 Å². The number of ether oxygens (including phenoxy) is 1. The minimum atomic E-state index is -0.634. The van der Waals surface area contributed by atoms with Gasteiger partial charge in [0, 0.05) is 18.1 Å². The van der Waals surface area contributed by atoms with Crippen LogP contribution in [0.2, 0.25) is 0 Å². The van der Waals surface area contributed by atoms with Crippen LogP contribution < -0.4 is 0 Å². The average molecular weight is 325 g/mol. The number of hydrogen-bond acceptors (Lipinski definition) is 3. The standard InChI is InChI=1S/C19H35NO3/c1-3-5-7-8-9-11-15(10-6-4-2)20-16-12-17(19(21)22)18(20)14-23-13-16/h15-18H,3-14H2,1-2H3,(H,21,22). The number of morpholine rings is 1. The van der Waals surface area contributed by atoms with E-state index in [-0.39, 0.29) is 12.0 Å². The number of carboxylic acids is 1. The Hall–Kier alpha value is -0.610. The molecule has 0 saturated carbocycles. The lowest BCUT2D eigenvalue weighted by atomic mass is 9.97. The summed E-state index contributed by atoms with van der Waals surface area (Å²) in [4.78, 5) is 14.1. The highest BCUT2D eigenvalue weighted by atomic mass is 16.5. The van der Waals surface area contributed by atoms with Gasteiger partial charge in [0.1, 0.15) is 0 Å². The van der Waals surface area contributed by atoms with E-state index in [1.165, 1.54) is 57.8 Å². The quantitative estimate of drug-likeness (QED) is 0.582. The summed E-state index contributed by atoms with van der Waals surface area (Å²) in [5.41, 5.74) is 0. The maximum absolute atomic E-state index is 11.6.